The zero-order valence-electron chi connectivity index (χ0n) is 19.0. The van der Waals surface area contributed by atoms with Crippen molar-refractivity contribution in [1.29, 1.82) is 0 Å². The molecule has 2 N–H and O–H groups in total. The molecule has 166 valence electrons. The number of fused-ring (bicyclic) bond motifs is 2. The number of aryl methyl sites for hydroxylation is 2. The van der Waals surface area contributed by atoms with E-state index in [-0.39, 0.29) is 5.82 Å². The molecule has 1 fully saturated rings. The molecule has 2 aliphatic heterocycles. The fourth-order valence-corrected chi connectivity index (χ4v) is 5.26. The van der Waals surface area contributed by atoms with Gasteiger partial charge in [0.05, 0.1) is 12.2 Å². The van der Waals surface area contributed by atoms with E-state index >= 15 is 0 Å². The highest BCUT2D eigenvalue weighted by Gasteiger charge is 2.31. The molecule has 1 aromatic heterocycles. The Labute approximate surface area is 190 Å². The maximum absolute atomic E-state index is 9.55. The van der Waals surface area contributed by atoms with Gasteiger partial charge in [0.1, 0.15) is 11.6 Å². The molecular formula is C25H31BN4O2. The summed E-state index contributed by atoms with van der Waals surface area (Å²) in [5.41, 5.74) is 4.98. The highest BCUT2D eigenvalue weighted by Crippen LogP contribution is 2.36. The van der Waals surface area contributed by atoms with Crippen molar-refractivity contribution < 1.29 is 10.0 Å². The molecule has 5 rings (SSSR count). The van der Waals surface area contributed by atoms with Crippen molar-refractivity contribution in [2.75, 3.05) is 29.4 Å². The van der Waals surface area contributed by atoms with E-state index in [9.17, 15) is 10.0 Å². The Morgan fingerprint density at radius 1 is 1.00 bits per heavy atom. The maximum atomic E-state index is 9.55. The molecule has 0 bridgehead atoms. The van der Waals surface area contributed by atoms with Crippen LogP contribution in [-0.4, -0.2) is 46.8 Å². The molecule has 0 saturated carbocycles. The third-order valence-electron chi connectivity index (χ3n) is 7.10. The van der Waals surface area contributed by atoms with Crippen molar-refractivity contribution in [3.63, 3.8) is 0 Å². The Morgan fingerprint density at radius 2 is 1.75 bits per heavy atom. The van der Waals surface area contributed by atoms with Gasteiger partial charge in [0.2, 0.25) is 0 Å². The molecule has 0 radical (unpaired) electrons. The molecule has 2 aliphatic rings. The monoisotopic (exact) mass is 430 g/mol. The lowest BCUT2D eigenvalue weighted by Gasteiger charge is -2.37. The van der Waals surface area contributed by atoms with Gasteiger partial charge >= 0.3 is 7.12 Å². The van der Waals surface area contributed by atoms with Crippen molar-refractivity contribution in [2.24, 2.45) is 0 Å². The van der Waals surface area contributed by atoms with E-state index in [0.717, 1.165) is 69.2 Å². The fraction of sp³-hybridized carbons (Fsp3) is 0.440. The number of hydrogen-bond donors (Lipinski definition) is 2. The molecule has 6 nitrogen and oxygen atoms in total. The normalized spacial score (nSPS) is 17.0. The van der Waals surface area contributed by atoms with Crippen molar-refractivity contribution in [3.05, 3.63) is 59.0 Å². The van der Waals surface area contributed by atoms with Gasteiger partial charge < -0.3 is 19.8 Å². The maximum Gasteiger partial charge on any atom is 0.454 e. The number of nitrogens with zero attached hydrogens (tertiary/aromatic N) is 4. The fourth-order valence-electron chi connectivity index (χ4n) is 5.26. The van der Waals surface area contributed by atoms with Crippen LogP contribution < -0.4 is 9.80 Å². The molecular weight excluding hydrogens is 399 g/mol. The molecule has 0 atom stereocenters. The van der Waals surface area contributed by atoms with Gasteiger partial charge in [0.15, 0.2) is 0 Å². The topological polar surface area (TPSA) is 72.7 Å². The predicted molar refractivity (Wildman–Crippen MR) is 130 cm³/mol. The minimum atomic E-state index is -1.22. The molecule has 0 spiro atoms. The summed E-state index contributed by atoms with van der Waals surface area (Å²) in [6.45, 7) is 7.63. The summed E-state index contributed by atoms with van der Waals surface area (Å²) in [4.78, 5) is 14.7. The van der Waals surface area contributed by atoms with E-state index in [2.05, 4.69) is 60.0 Å². The van der Waals surface area contributed by atoms with Gasteiger partial charge in [-0.15, -0.1) is 0 Å². The van der Waals surface area contributed by atoms with Crippen LogP contribution in [0.25, 0.3) is 10.8 Å². The first-order valence-electron chi connectivity index (χ1n) is 11.8. The Balaban J connectivity index is 1.48. The molecule has 1 saturated heterocycles. The minimum Gasteiger partial charge on any atom is -0.427 e. The second kappa shape index (κ2) is 8.72. The number of hydrogen-bond acceptors (Lipinski definition) is 6. The van der Waals surface area contributed by atoms with Crippen LogP contribution in [0.3, 0.4) is 0 Å². The lowest BCUT2D eigenvalue weighted by Crippen LogP contribution is -2.39. The van der Waals surface area contributed by atoms with E-state index in [0.29, 0.717) is 0 Å². The number of piperidine rings is 1. The van der Waals surface area contributed by atoms with Crippen LogP contribution in [0.1, 0.15) is 42.4 Å². The van der Waals surface area contributed by atoms with Crippen LogP contribution in [0, 0.1) is 6.92 Å². The first kappa shape index (κ1) is 21.2. The van der Waals surface area contributed by atoms with Crippen molar-refractivity contribution in [2.45, 2.75) is 51.9 Å². The number of aromatic nitrogens is 2. The Bertz CT molecular complexity index is 1120. The Hall–Kier alpha value is -2.64. The van der Waals surface area contributed by atoms with E-state index in [1.807, 2.05) is 0 Å². The number of rotatable bonds is 4. The zero-order valence-corrected chi connectivity index (χ0v) is 19.0. The molecule has 0 amide bonds. The SMILES string of the molecule is CCc1nc2c(c(N3CCC(B(O)O)CC3)n1)CCN(c1cccc3cccc(C)c13)C2. The van der Waals surface area contributed by atoms with Crippen molar-refractivity contribution >= 4 is 29.4 Å². The summed E-state index contributed by atoms with van der Waals surface area (Å²) in [7, 11) is -1.22. The van der Waals surface area contributed by atoms with Gasteiger partial charge in [-0.2, -0.15) is 0 Å². The van der Waals surface area contributed by atoms with Crippen LogP contribution in [0.5, 0.6) is 0 Å². The zero-order chi connectivity index (χ0) is 22.2. The number of anilines is 2. The summed E-state index contributed by atoms with van der Waals surface area (Å²) in [5, 5.41) is 21.7. The quantitative estimate of drug-likeness (QED) is 0.618. The molecule has 2 aromatic carbocycles. The first-order valence-corrected chi connectivity index (χ1v) is 11.8. The van der Waals surface area contributed by atoms with E-state index < -0.39 is 7.12 Å². The van der Waals surface area contributed by atoms with E-state index in [1.54, 1.807) is 0 Å². The molecule has 3 aromatic rings. The van der Waals surface area contributed by atoms with Crippen molar-refractivity contribution in [3.8, 4) is 0 Å². The minimum absolute atomic E-state index is 0.0420. The molecule has 3 heterocycles. The smallest absolute Gasteiger partial charge is 0.427 e. The molecule has 0 unspecified atom stereocenters. The van der Waals surface area contributed by atoms with Crippen LogP contribution >= 0.6 is 0 Å². The summed E-state index contributed by atoms with van der Waals surface area (Å²) < 4.78 is 0. The van der Waals surface area contributed by atoms with Crippen LogP contribution in [0.15, 0.2) is 36.4 Å². The first-order chi connectivity index (χ1) is 15.5. The lowest BCUT2D eigenvalue weighted by atomic mass is 9.67. The summed E-state index contributed by atoms with van der Waals surface area (Å²) in [6.07, 6.45) is 3.28. The van der Waals surface area contributed by atoms with Crippen molar-refractivity contribution in [1.82, 2.24) is 9.97 Å². The van der Waals surface area contributed by atoms with E-state index in [1.165, 1.54) is 27.6 Å². The molecule has 32 heavy (non-hydrogen) atoms. The molecule has 7 heteroatoms. The lowest BCUT2D eigenvalue weighted by molar-refractivity contribution is 0.364. The second-order valence-electron chi connectivity index (χ2n) is 9.10. The van der Waals surface area contributed by atoms with Crippen LogP contribution in [0.4, 0.5) is 11.5 Å². The highest BCUT2D eigenvalue weighted by molar-refractivity contribution is 6.43. The standard InChI is InChI=1S/C25H31BN4O2/c1-3-23-27-21-16-30(22-9-5-8-18-7-4-6-17(2)24(18)22)15-12-20(21)25(28-23)29-13-10-19(11-14-29)26(31)32/h4-9,19,31-32H,3,10-16H2,1-2H3. The number of benzene rings is 2. The predicted octanol–water partition coefficient (Wildman–Crippen LogP) is 3.51. The van der Waals surface area contributed by atoms with Gasteiger partial charge in [-0.25, -0.2) is 9.97 Å². The van der Waals surface area contributed by atoms with Gasteiger partial charge in [-0.3, -0.25) is 0 Å². The highest BCUT2D eigenvalue weighted by atomic mass is 16.4. The molecule has 0 aliphatic carbocycles. The van der Waals surface area contributed by atoms with Crippen LogP contribution in [-0.2, 0) is 19.4 Å². The summed E-state index contributed by atoms with van der Waals surface area (Å²) in [5.74, 6) is 1.91. The third kappa shape index (κ3) is 3.84. The Kier molecular flexibility index (Phi) is 5.78. The van der Waals surface area contributed by atoms with E-state index in [4.69, 9.17) is 9.97 Å². The Morgan fingerprint density at radius 3 is 2.47 bits per heavy atom. The second-order valence-corrected chi connectivity index (χ2v) is 9.10. The van der Waals surface area contributed by atoms with Gasteiger partial charge in [0.25, 0.3) is 0 Å². The third-order valence-corrected chi connectivity index (χ3v) is 7.10. The van der Waals surface area contributed by atoms with Gasteiger partial charge in [-0.05, 0) is 49.0 Å². The average molecular weight is 430 g/mol. The summed E-state index contributed by atoms with van der Waals surface area (Å²) >= 11 is 0. The largest absolute Gasteiger partial charge is 0.454 e. The van der Waals surface area contributed by atoms with Crippen LogP contribution in [0.2, 0.25) is 5.82 Å². The van der Waals surface area contributed by atoms with Gasteiger partial charge in [-0.1, -0.05) is 37.3 Å². The summed E-state index contributed by atoms with van der Waals surface area (Å²) in [6, 6.07) is 13.1. The van der Waals surface area contributed by atoms with Gasteiger partial charge in [0, 0.05) is 42.7 Å². The average Bonchev–Trinajstić information content (AvgIpc) is 2.83.